The van der Waals surface area contributed by atoms with E-state index in [1.54, 1.807) is 47.5 Å². The van der Waals surface area contributed by atoms with Crippen LogP contribution >= 0.6 is 0 Å². The van der Waals surface area contributed by atoms with Crippen LogP contribution in [0, 0.1) is 0 Å². The van der Waals surface area contributed by atoms with E-state index in [0.717, 1.165) is 0 Å². The Hall–Kier alpha value is -3.90. The molecule has 2 aromatic heterocycles. The molecule has 1 atom stereocenters. The number of para-hydroxylation sites is 1. The number of benzene rings is 1. The number of amidine groups is 1. The number of rotatable bonds is 9. The summed E-state index contributed by atoms with van der Waals surface area (Å²) in [4.78, 5) is 9.53. The number of aryl methyl sites for hydroxylation is 1. The fourth-order valence-corrected chi connectivity index (χ4v) is 4.35. The Bertz CT molecular complexity index is 1190. The molecule has 11 nitrogen and oxygen atoms in total. The van der Waals surface area contributed by atoms with E-state index >= 15 is 0 Å². The van der Waals surface area contributed by atoms with Crippen LogP contribution in [0.15, 0.2) is 77.9 Å². The molecule has 0 spiro atoms. The van der Waals surface area contributed by atoms with Gasteiger partial charge in [-0.25, -0.2) is 18.4 Å². The Labute approximate surface area is 213 Å². The lowest BCUT2D eigenvalue weighted by Gasteiger charge is -2.29. The third-order valence-corrected chi connectivity index (χ3v) is 6.05. The number of sulfonamides is 1. The van der Waals surface area contributed by atoms with E-state index in [9.17, 15) is 8.42 Å². The van der Waals surface area contributed by atoms with E-state index in [4.69, 9.17) is 13.9 Å². The molecule has 0 bridgehead atoms. The highest BCUT2D eigenvalue weighted by Crippen LogP contribution is 2.40. The third-order valence-electron chi connectivity index (χ3n) is 4.72. The molecule has 3 heterocycles. The molecule has 2 N–H and O–H groups in total. The number of hydrogen-bond acceptors (Lipinski definition) is 10. The van der Waals surface area contributed by atoms with Crippen LogP contribution in [0.2, 0.25) is 0 Å². The predicted octanol–water partition coefficient (Wildman–Crippen LogP) is 3.38. The van der Waals surface area contributed by atoms with E-state index in [1.807, 2.05) is 13.8 Å². The molecule has 0 aliphatic carbocycles. The van der Waals surface area contributed by atoms with Gasteiger partial charge in [-0.3, -0.25) is 10.3 Å². The average molecular weight is 519 g/mol. The van der Waals surface area contributed by atoms with Crippen molar-refractivity contribution < 1.29 is 23.7 Å². The zero-order valence-electron chi connectivity index (χ0n) is 20.8. The molecule has 12 heteroatoms. The van der Waals surface area contributed by atoms with Crippen molar-refractivity contribution >= 4 is 21.5 Å². The molecule has 196 valence electrons. The van der Waals surface area contributed by atoms with Gasteiger partial charge < -0.3 is 13.9 Å². The number of aromatic nitrogens is 2. The van der Waals surface area contributed by atoms with Gasteiger partial charge in [-0.1, -0.05) is 19.9 Å². The van der Waals surface area contributed by atoms with Crippen molar-refractivity contribution in [3.05, 3.63) is 79.8 Å². The Morgan fingerprint density at radius 1 is 1.14 bits per heavy atom. The van der Waals surface area contributed by atoms with Gasteiger partial charge in [0.1, 0.15) is 23.5 Å². The van der Waals surface area contributed by atoms with Crippen LogP contribution in [0.25, 0.3) is 0 Å². The van der Waals surface area contributed by atoms with Crippen LogP contribution in [0.4, 0.5) is 5.69 Å². The second-order valence-corrected chi connectivity index (χ2v) is 8.59. The van der Waals surface area contributed by atoms with E-state index in [0.29, 0.717) is 34.5 Å². The summed E-state index contributed by atoms with van der Waals surface area (Å²) >= 11 is 0. The molecule has 1 unspecified atom stereocenters. The lowest BCUT2D eigenvalue weighted by molar-refractivity contribution is 0.392. The number of nitrogens with zero attached hydrogens (tertiary/aromatic N) is 4. The summed E-state index contributed by atoms with van der Waals surface area (Å²) in [6.45, 7) is 10.0. The minimum Gasteiger partial charge on any atom is -0.494 e. The van der Waals surface area contributed by atoms with Gasteiger partial charge in [0.15, 0.2) is 17.9 Å². The minimum absolute atomic E-state index is 0. The summed E-state index contributed by atoms with van der Waals surface area (Å²) in [5, 5.41) is 4.31. The van der Waals surface area contributed by atoms with Crippen LogP contribution in [-0.2, 0) is 16.4 Å². The zero-order valence-corrected chi connectivity index (χ0v) is 21.7. The SMILES string of the molecule is C=C.CC.COc1cccc(OC)c1N1C(c2ccco2)=NNC1NS(=O)(=O)CCc1ccncn1.[HH]. The Balaban J connectivity index is 0.00000131. The standard InChI is InChI=1S/C20H22N6O5S.C2H6.C2H4.H2/c1-29-15-5-3-6-16(30-2)18(15)26-19(17-7-4-11-31-17)23-24-20(26)25-32(27,28)12-9-14-8-10-21-13-22-14;2*1-2;/h3-8,10-11,13,20,24-25H,9,12H2,1-2H3;1-2H3;1-2H2;1H. The summed E-state index contributed by atoms with van der Waals surface area (Å²) in [6.07, 6.45) is 3.74. The first-order valence-corrected chi connectivity index (χ1v) is 12.8. The van der Waals surface area contributed by atoms with Gasteiger partial charge in [0, 0.05) is 19.7 Å². The summed E-state index contributed by atoms with van der Waals surface area (Å²) in [6, 6.07) is 10.4. The maximum absolute atomic E-state index is 12.9. The highest BCUT2D eigenvalue weighted by molar-refractivity contribution is 7.89. The number of hydrogen-bond donors (Lipinski definition) is 2. The second-order valence-electron chi connectivity index (χ2n) is 6.71. The molecular formula is C24H34N6O5S. The van der Waals surface area contributed by atoms with Crippen molar-refractivity contribution in [3.63, 3.8) is 0 Å². The van der Waals surface area contributed by atoms with Crippen molar-refractivity contribution in [1.29, 1.82) is 0 Å². The van der Waals surface area contributed by atoms with Crippen molar-refractivity contribution in [2.24, 2.45) is 5.10 Å². The van der Waals surface area contributed by atoms with Crippen LogP contribution in [0.1, 0.15) is 26.7 Å². The van der Waals surface area contributed by atoms with Gasteiger partial charge in [0.25, 0.3) is 0 Å². The molecule has 4 rings (SSSR count). The number of anilines is 1. The molecule has 1 aliphatic heterocycles. The summed E-state index contributed by atoms with van der Waals surface area (Å²) < 4.78 is 45.0. The molecule has 36 heavy (non-hydrogen) atoms. The van der Waals surface area contributed by atoms with E-state index in [-0.39, 0.29) is 13.6 Å². The van der Waals surface area contributed by atoms with Crippen LogP contribution in [-0.4, -0.2) is 50.5 Å². The van der Waals surface area contributed by atoms with Crippen molar-refractivity contribution in [2.75, 3.05) is 24.9 Å². The smallest absolute Gasteiger partial charge is 0.215 e. The molecule has 0 fully saturated rings. The molecule has 3 aromatic rings. The Morgan fingerprint density at radius 2 is 1.83 bits per heavy atom. The van der Waals surface area contributed by atoms with Gasteiger partial charge in [-0.05, 0) is 30.3 Å². The molecule has 0 amide bonds. The second kappa shape index (κ2) is 13.9. The molecule has 0 saturated carbocycles. The van der Waals surface area contributed by atoms with E-state index in [1.165, 1.54) is 26.8 Å². The fourth-order valence-electron chi connectivity index (χ4n) is 3.25. The van der Waals surface area contributed by atoms with Gasteiger partial charge in [-0.15, -0.1) is 13.2 Å². The van der Waals surface area contributed by atoms with Gasteiger partial charge in [0.2, 0.25) is 10.0 Å². The van der Waals surface area contributed by atoms with Crippen molar-refractivity contribution in [3.8, 4) is 11.5 Å². The molecule has 1 aliphatic rings. The number of methoxy groups -OCH3 is 2. The molecule has 0 radical (unpaired) electrons. The number of ether oxygens (including phenoxy) is 2. The third kappa shape index (κ3) is 6.83. The average Bonchev–Trinajstić information content (AvgIpc) is 3.60. The monoisotopic (exact) mass is 518 g/mol. The summed E-state index contributed by atoms with van der Waals surface area (Å²) in [5.74, 6) is 1.57. The highest BCUT2D eigenvalue weighted by Gasteiger charge is 2.37. The number of nitrogens with one attached hydrogen (secondary N) is 2. The summed E-state index contributed by atoms with van der Waals surface area (Å²) in [7, 11) is -0.695. The number of hydrazone groups is 1. The zero-order chi connectivity index (χ0) is 26.6. The van der Waals surface area contributed by atoms with E-state index < -0.39 is 16.3 Å². The Morgan fingerprint density at radius 3 is 2.39 bits per heavy atom. The first-order valence-electron chi connectivity index (χ1n) is 11.1. The van der Waals surface area contributed by atoms with Crippen molar-refractivity contribution in [1.82, 2.24) is 20.1 Å². The molecule has 0 saturated heterocycles. The van der Waals surface area contributed by atoms with Gasteiger partial charge in [0.05, 0.1) is 26.2 Å². The van der Waals surface area contributed by atoms with Crippen molar-refractivity contribution in [2.45, 2.75) is 26.6 Å². The summed E-state index contributed by atoms with van der Waals surface area (Å²) in [5.41, 5.74) is 3.94. The number of furan rings is 1. The normalized spacial score (nSPS) is 14.4. The Kier molecular flexibility index (Phi) is 10.9. The van der Waals surface area contributed by atoms with Gasteiger partial charge >= 0.3 is 0 Å². The maximum atomic E-state index is 12.9. The maximum Gasteiger partial charge on any atom is 0.215 e. The first kappa shape index (κ1) is 28.3. The lowest BCUT2D eigenvalue weighted by atomic mass is 10.2. The van der Waals surface area contributed by atoms with Crippen LogP contribution in [0.5, 0.6) is 11.5 Å². The van der Waals surface area contributed by atoms with E-state index in [2.05, 4.69) is 38.4 Å². The quantitative estimate of drug-likeness (QED) is 0.409. The largest absolute Gasteiger partial charge is 0.494 e. The van der Waals surface area contributed by atoms with Gasteiger partial charge in [-0.2, -0.15) is 9.82 Å². The molecular weight excluding hydrogens is 484 g/mol. The predicted molar refractivity (Wildman–Crippen MR) is 142 cm³/mol. The van der Waals surface area contributed by atoms with Crippen LogP contribution < -0.4 is 24.5 Å². The fraction of sp³-hybridized carbons (Fsp3) is 0.292. The topological polar surface area (TPSA) is 131 Å². The lowest BCUT2D eigenvalue weighted by Crippen LogP contribution is -2.53. The molecule has 1 aromatic carbocycles. The first-order chi connectivity index (χ1) is 17.5. The minimum atomic E-state index is -3.74. The highest BCUT2D eigenvalue weighted by atomic mass is 32.2. The van der Waals surface area contributed by atoms with Crippen LogP contribution in [0.3, 0.4) is 0 Å².